The molecule has 34 heavy (non-hydrogen) atoms. The summed E-state index contributed by atoms with van der Waals surface area (Å²) in [6.07, 6.45) is 6.36. The summed E-state index contributed by atoms with van der Waals surface area (Å²) in [5.74, 6) is -0.942. The third kappa shape index (κ3) is 3.28. The summed E-state index contributed by atoms with van der Waals surface area (Å²) in [4.78, 5) is 43.5. The maximum Gasteiger partial charge on any atom is 0.363 e. The number of carbonyl (C=O) groups is 2. The molecule has 0 amide bonds. The summed E-state index contributed by atoms with van der Waals surface area (Å²) in [7, 11) is 1.57. The van der Waals surface area contributed by atoms with Crippen molar-refractivity contribution in [2.75, 3.05) is 12.5 Å². The minimum absolute atomic E-state index is 0.103. The lowest BCUT2D eigenvalue weighted by Crippen LogP contribution is -2.63. The van der Waals surface area contributed by atoms with Gasteiger partial charge in [-0.25, -0.2) is 14.5 Å². The summed E-state index contributed by atoms with van der Waals surface area (Å²) in [6, 6.07) is 0. The Morgan fingerprint density at radius 3 is 2.68 bits per heavy atom. The normalized spacial score (nSPS) is 41.7. The molecule has 3 aliphatic rings. The Morgan fingerprint density at radius 1 is 1.32 bits per heavy atom. The SMILES string of the molecule is C=C[C@]1(C)C[C@@H](OC(=O)c2nccn(NC)c2=O)[C@]2(C)C(C)CC[C@]3(CCC(=O)C32)[C@@H](C)[C@@H]1O. The van der Waals surface area contributed by atoms with Gasteiger partial charge in [0.15, 0.2) is 0 Å². The van der Waals surface area contributed by atoms with Crippen LogP contribution >= 0.6 is 0 Å². The third-order valence-corrected chi connectivity index (χ3v) is 9.83. The largest absolute Gasteiger partial charge is 0.457 e. The molecule has 4 rings (SSSR count). The average molecular weight is 472 g/mol. The predicted octanol–water partition coefficient (Wildman–Crippen LogP) is 2.94. The quantitative estimate of drug-likeness (QED) is 0.513. The van der Waals surface area contributed by atoms with Crippen molar-refractivity contribution in [2.45, 2.75) is 72.0 Å². The number of esters is 1. The third-order valence-electron chi connectivity index (χ3n) is 9.83. The summed E-state index contributed by atoms with van der Waals surface area (Å²) in [5.41, 5.74) is 0.0504. The molecule has 8 heteroatoms. The summed E-state index contributed by atoms with van der Waals surface area (Å²) in [5, 5.41) is 11.6. The highest BCUT2D eigenvalue weighted by Gasteiger charge is 2.68. The van der Waals surface area contributed by atoms with Gasteiger partial charge in [0, 0.05) is 42.6 Å². The molecule has 0 aliphatic heterocycles. The molecule has 186 valence electrons. The van der Waals surface area contributed by atoms with Crippen LogP contribution in [0, 0.1) is 34.0 Å². The number of hydrogen-bond acceptors (Lipinski definition) is 7. The van der Waals surface area contributed by atoms with Crippen LogP contribution in [0.25, 0.3) is 0 Å². The maximum absolute atomic E-state index is 13.4. The number of aliphatic hydroxyl groups excluding tert-OH is 1. The molecule has 2 N–H and O–H groups in total. The van der Waals surface area contributed by atoms with Crippen molar-refractivity contribution in [3.8, 4) is 0 Å². The Bertz CT molecular complexity index is 1070. The van der Waals surface area contributed by atoms with E-state index < -0.39 is 34.6 Å². The number of rotatable bonds is 4. The number of carbonyl (C=O) groups excluding carboxylic acids is 2. The van der Waals surface area contributed by atoms with Crippen molar-refractivity contribution in [2.24, 2.45) is 34.0 Å². The number of ketones is 1. The summed E-state index contributed by atoms with van der Waals surface area (Å²) in [6.45, 7) is 12.2. The number of Topliss-reactive ketones (excluding diaryl/α,β-unsaturated/α-hetero) is 1. The smallest absolute Gasteiger partial charge is 0.363 e. The molecule has 3 aliphatic carbocycles. The molecular formula is C26H37N3O5. The van der Waals surface area contributed by atoms with Gasteiger partial charge in [-0.1, -0.05) is 33.8 Å². The van der Waals surface area contributed by atoms with Crippen molar-refractivity contribution in [3.63, 3.8) is 0 Å². The molecule has 1 heterocycles. The van der Waals surface area contributed by atoms with Crippen LogP contribution < -0.4 is 11.0 Å². The van der Waals surface area contributed by atoms with E-state index in [9.17, 15) is 19.5 Å². The Hall–Kier alpha value is -2.48. The summed E-state index contributed by atoms with van der Waals surface area (Å²) >= 11 is 0. The second-order valence-electron chi connectivity index (χ2n) is 11.2. The number of nitrogens with zero attached hydrogens (tertiary/aromatic N) is 2. The van der Waals surface area contributed by atoms with Crippen LogP contribution in [0.4, 0.5) is 0 Å². The molecule has 2 unspecified atom stereocenters. The van der Waals surface area contributed by atoms with Crippen molar-refractivity contribution in [1.29, 1.82) is 0 Å². The van der Waals surface area contributed by atoms with E-state index >= 15 is 0 Å². The average Bonchev–Trinajstić information content (AvgIpc) is 3.17. The zero-order chi connectivity index (χ0) is 25.1. The molecule has 0 spiro atoms. The van der Waals surface area contributed by atoms with Crippen LogP contribution in [0.1, 0.15) is 70.3 Å². The van der Waals surface area contributed by atoms with Gasteiger partial charge in [-0.15, -0.1) is 6.58 Å². The first kappa shape index (κ1) is 24.6. The van der Waals surface area contributed by atoms with Gasteiger partial charge in [-0.2, -0.15) is 0 Å². The van der Waals surface area contributed by atoms with Crippen LogP contribution in [0.15, 0.2) is 29.8 Å². The maximum atomic E-state index is 13.4. The fourth-order valence-corrected chi connectivity index (χ4v) is 7.41. The molecule has 3 saturated carbocycles. The standard InChI is InChI=1S/C26H37N3O5/c1-7-24(4)14-18(34-23(33)19-22(32)29(27-6)13-12-28-19)25(5)15(2)8-10-26(16(3)21(24)31)11-9-17(30)20(25)26/h7,12-13,15-16,18,20-21,27,31H,1,8-11,14H2,2-6H3/t15?,16-,18+,20?,21-,24+,25-,26-/m0/s1. The highest BCUT2D eigenvalue weighted by Crippen LogP contribution is 2.68. The number of aromatic nitrogens is 2. The first-order valence-corrected chi connectivity index (χ1v) is 12.3. The lowest BCUT2D eigenvalue weighted by Gasteiger charge is -2.61. The second-order valence-corrected chi connectivity index (χ2v) is 11.2. The first-order chi connectivity index (χ1) is 16.0. The lowest BCUT2D eigenvalue weighted by atomic mass is 9.44. The van der Waals surface area contributed by atoms with Gasteiger partial charge in [0.2, 0.25) is 5.69 Å². The van der Waals surface area contributed by atoms with E-state index in [4.69, 9.17) is 4.74 Å². The zero-order valence-electron chi connectivity index (χ0n) is 20.8. The Kier molecular flexibility index (Phi) is 6.03. The number of hydrogen-bond donors (Lipinski definition) is 2. The molecule has 0 radical (unpaired) electrons. The highest BCUT2D eigenvalue weighted by atomic mass is 16.5. The first-order valence-electron chi connectivity index (χ1n) is 12.3. The highest BCUT2D eigenvalue weighted by molar-refractivity contribution is 5.88. The number of ether oxygens (including phenoxy) is 1. The Morgan fingerprint density at radius 2 is 2.03 bits per heavy atom. The number of aliphatic hydroxyl groups is 1. The monoisotopic (exact) mass is 471 g/mol. The molecular weight excluding hydrogens is 434 g/mol. The molecule has 3 fully saturated rings. The topological polar surface area (TPSA) is 111 Å². The fraction of sp³-hybridized carbons (Fsp3) is 0.692. The van der Waals surface area contributed by atoms with E-state index in [0.29, 0.717) is 12.8 Å². The lowest BCUT2D eigenvalue weighted by molar-refractivity contribution is -0.192. The van der Waals surface area contributed by atoms with E-state index in [2.05, 4.69) is 37.8 Å². The molecule has 2 bridgehead atoms. The van der Waals surface area contributed by atoms with Gasteiger partial charge in [0.25, 0.3) is 0 Å². The van der Waals surface area contributed by atoms with Crippen molar-refractivity contribution < 1.29 is 19.4 Å². The van der Waals surface area contributed by atoms with Crippen LogP contribution in [0.5, 0.6) is 0 Å². The minimum Gasteiger partial charge on any atom is -0.457 e. The van der Waals surface area contributed by atoms with Crippen LogP contribution in [-0.4, -0.2) is 45.8 Å². The van der Waals surface area contributed by atoms with Crippen molar-refractivity contribution >= 4 is 11.8 Å². The van der Waals surface area contributed by atoms with E-state index in [0.717, 1.165) is 23.9 Å². The molecule has 8 nitrogen and oxygen atoms in total. The van der Waals surface area contributed by atoms with Crippen molar-refractivity contribution in [3.05, 3.63) is 41.1 Å². The molecule has 0 aromatic carbocycles. The van der Waals surface area contributed by atoms with Gasteiger partial charge < -0.3 is 15.3 Å². The second kappa shape index (κ2) is 8.33. The van der Waals surface area contributed by atoms with Gasteiger partial charge in [0.1, 0.15) is 11.9 Å². The van der Waals surface area contributed by atoms with Gasteiger partial charge in [-0.05, 0) is 42.9 Å². The minimum atomic E-state index is -0.816. The van der Waals surface area contributed by atoms with Gasteiger partial charge in [0.05, 0.1) is 6.10 Å². The van der Waals surface area contributed by atoms with Crippen LogP contribution in [-0.2, 0) is 9.53 Å². The predicted molar refractivity (Wildman–Crippen MR) is 128 cm³/mol. The zero-order valence-corrected chi connectivity index (χ0v) is 20.8. The van der Waals surface area contributed by atoms with E-state index in [-0.39, 0.29) is 34.6 Å². The molecule has 1 aromatic rings. The summed E-state index contributed by atoms with van der Waals surface area (Å²) < 4.78 is 7.30. The van der Waals surface area contributed by atoms with E-state index in [1.165, 1.54) is 12.4 Å². The number of nitrogens with one attached hydrogen (secondary N) is 1. The fourth-order valence-electron chi connectivity index (χ4n) is 7.41. The molecule has 1 aromatic heterocycles. The van der Waals surface area contributed by atoms with Crippen LogP contribution in [0.2, 0.25) is 0 Å². The van der Waals surface area contributed by atoms with E-state index in [1.807, 2.05) is 6.92 Å². The van der Waals surface area contributed by atoms with E-state index in [1.54, 1.807) is 13.1 Å². The molecule has 8 atom stereocenters. The van der Waals surface area contributed by atoms with Crippen LogP contribution in [0.3, 0.4) is 0 Å². The molecule has 0 saturated heterocycles. The van der Waals surface area contributed by atoms with Gasteiger partial charge in [-0.3, -0.25) is 9.59 Å². The Balaban J connectivity index is 1.85. The van der Waals surface area contributed by atoms with Gasteiger partial charge >= 0.3 is 11.5 Å². The van der Waals surface area contributed by atoms with Crippen molar-refractivity contribution in [1.82, 2.24) is 9.66 Å². The Labute approximate surface area is 200 Å².